The van der Waals surface area contributed by atoms with Crippen molar-refractivity contribution in [2.75, 3.05) is 25.1 Å². The third-order valence-electron chi connectivity index (χ3n) is 4.56. The number of anilines is 1. The highest BCUT2D eigenvalue weighted by atomic mass is 32.1. The van der Waals surface area contributed by atoms with Crippen LogP contribution in [0.15, 0.2) is 65.6 Å². The van der Waals surface area contributed by atoms with Gasteiger partial charge in [-0.3, -0.25) is 9.78 Å². The minimum atomic E-state index is -0.248. The van der Waals surface area contributed by atoms with E-state index in [2.05, 4.69) is 27.0 Å². The summed E-state index contributed by atoms with van der Waals surface area (Å²) in [6.45, 7) is 1.25. The van der Waals surface area contributed by atoms with Gasteiger partial charge in [0.25, 0.3) is 0 Å². The van der Waals surface area contributed by atoms with Crippen LogP contribution in [0.1, 0.15) is 10.4 Å². The number of thiazole rings is 2. The molecular weight excluding hydrogens is 418 g/mol. The number of aromatic hydroxyl groups is 1. The van der Waals surface area contributed by atoms with Gasteiger partial charge in [-0.15, -0.1) is 0 Å². The van der Waals surface area contributed by atoms with Crippen molar-refractivity contribution < 1.29 is 9.84 Å². The zero-order chi connectivity index (χ0) is 20.9. The van der Waals surface area contributed by atoms with Crippen LogP contribution in [0.5, 0.6) is 11.6 Å². The number of nitrogens with zero attached hydrogens (tertiary/aromatic N) is 2. The number of likely N-dealkylation sites (N-methyl/N-ethyl adjacent to an activating group) is 1. The maximum atomic E-state index is 11.3. The molecule has 0 saturated carbocycles. The first-order valence-corrected chi connectivity index (χ1v) is 11.1. The lowest BCUT2D eigenvalue weighted by Crippen LogP contribution is -2.23. The van der Waals surface area contributed by atoms with Crippen LogP contribution in [-0.4, -0.2) is 35.3 Å². The Morgan fingerprint density at radius 1 is 1.10 bits per heavy atom. The number of aromatic amines is 1. The van der Waals surface area contributed by atoms with Crippen LogP contribution in [0.3, 0.4) is 0 Å². The molecule has 0 radical (unpaired) electrons. The smallest absolute Gasteiger partial charge is 0.307 e. The molecule has 0 saturated heterocycles. The molecule has 8 heteroatoms. The highest BCUT2D eigenvalue weighted by Crippen LogP contribution is 2.30. The SMILES string of the molecule is CN(CCOc1ccc(Cc2sc(=O)[nH]c2O)cc1)c1ncc(-c2ccccc2)s1. The number of hydrogen-bond acceptors (Lipinski definition) is 7. The van der Waals surface area contributed by atoms with E-state index in [-0.39, 0.29) is 10.8 Å². The third-order valence-corrected chi connectivity index (χ3v) is 6.59. The first-order valence-electron chi connectivity index (χ1n) is 9.43. The molecule has 0 unspecified atom stereocenters. The maximum absolute atomic E-state index is 11.3. The average molecular weight is 440 g/mol. The van der Waals surface area contributed by atoms with Gasteiger partial charge in [0.2, 0.25) is 5.88 Å². The summed E-state index contributed by atoms with van der Waals surface area (Å²) in [5.74, 6) is 0.730. The van der Waals surface area contributed by atoms with Crippen LogP contribution in [-0.2, 0) is 6.42 Å². The van der Waals surface area contributed by atoms with E-state index in [1.54, 1.807) is 11.3 Å². The largest absolute Gasteiger partial charge is 0.494 e. The van der Waals surface area contributed by atoms with Gasteiger partial charge in [0.15, 0.2) is 5.13 Å². The Labute approximate surface area is 182 Å². The van der Waals surface area contributed by atoms with E-state index in [1.807, 2.05) is 55.7 Å². The Balaban J connectivity index is 1.28. The summed E-state index contributed by atoms with van der Waals surface area (Å²) in [4.78, 5) is 21.8. The molecule has 2 aromatic carbocycles. The molecule has 4 rings (SSSR count). The van der Waals surface area contributed by atoms with Gasteiger partial charge >= 0.3 is 4.87 Å². The summed E-state index contributed by atoms with van der Waals surface area (Å²) < 4.78 is 5.85. The molecule has 154 valence electrons. The molecule has 30 heavy (non-hydrogen) atoms. The third kappa shape index (κ3) is 4.90. The molecule has 0 aliphatic carbocycles. The highest BCUT2D eigenvalue weighted by molar-refractivity contribution is 7.18. The standard InChI is InChI=1S/C22H21N3O3S2/c1-25(21-23-14-19(29-21)16-5-3-2-4-6-16)11-12-28-17-9-7-15(8-10-17)13-18-20(26)24-22(27)30-18/h2-10,14,26H,11-13H2,1H3,(H,24,27). The summed E-state index contributed by atoms with van der Waals surface area (Å²) in [6.07, 6.45) is 2.41. The minimum Gasteiger partial charge on any atom is -0.494 e. The molecule has 0 amide bonds. The lowest BCUT2D eigenvalue weighted by molar-refractivity contribution is 0.326. The van der Waals surface area contributed by atoms with Crippen molar-refractivity contribution in [2.24, 2.45) is 0 Å². The number of ether oxygens (including phenoxy) is 1. The minimum absolute atomic E-state index is 0.0500. The van der Waals surface area contributed by atoms with E-state index in [0.717, 1.165) is 32.7 Å². The summed E-state index contributed by atoms with van der Waals surface area (Å²) in [6, 6.07) is 17.9. The van der Waals surface area contributed by atoms with Crippen molar-refractivity contribution in [3.63, 3.8) is 0 Å². The molecule has 0 aliphatic rings. The molecule has 0 spiro atoms. The second kappa shape index (κ2) is 9.15. The van der Waals surface area contributed by atoms with Gasteiger partial charge in [0, 0.05) is 19.7 Å². The lowest BCUT2D eigenvalue weighted by atomic mass is 10.1. The zero-order valence-electron chi connectivity index (χ0n) is 16.4. The quantitative estimate of drug-likeness (QED) is 0.426. The fraction of sp³-hybridized carbons (Fsp3) is 0.182. The van der Waals surface area contributed by atoms with E-state index in [0.29, 0.717) is 24.4 Å². The van der Waals surface area contributed by atoms with Gasteiger partial charge < -0.3 is 14.7 Å². The number of hydrogen-bond donors (Lipinski definition) is 2. The van der Waals surface area contributed by atoms with Gasteiger partial charge in [0.05, 0.1) is 16.3 Å². The Bertz CT molecular complexity index is 1150. The monoisotopic (exact) mass is 439 g/mol. The molecule has 0 aliphatic heterocycles. The van der Waals surface area contributed by atoms with Crippen molar-refractivity contribution in [1.82, 2.24) is 9.97 Å². The summed E-state index contributed by atoms with van der Waals surface area (Å²) in [7, 11) is 2.01. The van der Waals surface area contributed by atoms with E-state index >= 15 is 0 Å². The van der Waals surface area contributed by atoms with Crippen molar-refractivity contribution in [3.8, 4) is 22.1 Å². The average Bonchev–Trinajstić information content (AvgIpc) is 3.37. The molecule has 0 bridgehead atoms. The molecule has 0 atom stereocenters. The lowest BCUT2D eigenvalue weighted by Gasteiger charge is -2.16. The number of nitrogens with one attached hydrogen (secondary N) is 1. The van der Waals surface area contributed by atoms with Crippen molar-refractivity contribution >= 4 is 27.8 Å². The fourth-order valence-corrected chi connectivity index (χ4v) is 4.60. The van der Waals surface area contributed by atoms with Crippen LogP contribution in [0.2, 0.25) is 0 Å². The highest BCUT2D eigenvalue weighted by Gasteiger charge is 2.10. The van der Waals surface area contributed by atoms with Crippen LogP contribution in [0.4, 0.5) is 5.13 Å². The Hall–Kier alpha value is -3.10. The van der Waals surface area contributed by atoms with E-state index in [1.165, 1.54) is 5.56 Å². The molecule has 0 fully saturated rings. The second-order valence-electron chi connectivity index (χ2n) is 6.75. The predicted octanol–water partition coefficient (Wildman–Crippen LogP) is 4.37. The molecule has 2 N–H and O–H groups in total. The van der Waals surface area contributed by atoms with Gasteiger partial charge in [0.1, 0.15) is 12.4 Å². The first kappa shape index (κ1) is 20.2. The topological polar surface area (TPSA) is 78.5 Å². The van der Waals surface area contributed by atoms with Crippen LogP contribution < -0.4 is 14.5 Å². The number of rotatable bonds is 8. The zero-order valence-corrected chi connectivity index (χ0v) is 18.0. The van der Waals surface area contributed by atoms with Gasteiger partial charge in [-0.05, 0) is 23.3 Å². The van der Waals surface area contributed by atoms with Crippen molar-refractivity contribution in [1.29, 1.82) is 0 Å². The van der Waals surface area contributed by atoms with Gasteiger partial charge in [-0.2, -0.15) is 0 Å². The van der Waals surface area contributed by atoms with E-state index < -0.39 is 0 Å². The molecular formula is C22H21N3O3S2. The fourth-order valence-electron chi connectivity index (χ4n) is 2.93. The summed E-state index contributed by atoms with van der Waals surface area (Å²) in [5, 5.41) is 10.7. The molecule has 2 aromatic heterocycles. The summed E-state index contributed by atoms with van der Waals surface area (Å²) >= 11 is 2.69. The van der Waals surface area contributed by atoms with Crippen molar-refractivity contribution in [2.45, 2.75) is 6.42 Å². The summed E-state index contributed by atoms with van der Waals surface area (Å²) in [5.41, 5.74) is 2.17. The number of benzene rings is 2. The number of aromatic nitrogens is 2. The van der Waals surface area contributed by atoms with E-state index in [4.69, 9.17) is 4.74 Å². The van der Waals surface area contributed by atoms with Crippen LogP contribution >= 0.6 is 22.7 Å². The van der Waals surface area contributed by atoms with Crippen molar-refractivity contribution in [3.05, 3.63) is 80.9 Å². The van der Waals surface area contributed by atoms with Gasteiger partial charge in [-0.25, -0.2) is 4.98 Å². The number of H-pyrrole nitrogens is 1. The maximum Gasteiger partial charge on any atom is 0.307 e. The van der Waals surface area contributed by atoms with Crippen LogP contribution in [0.25, 0.3) is 10.4 Å². The molecule has 6 nitrogen and oxygen atoms in total. The van der Waals surface area contributed by atoms with Gasteiger partial charge in [-0.1, -0.05) is 65.1 Å². The molecule has 4 aromatic rings. The van der Waals surface area contributed by atoms with Crippen LogP contribution in [0, 0.1) is 0 Å². The second-order valence-corrected chi connectivity index (χ2v) is 8.83. The Morgan fingerprint density at radius 2 is 1.87 bits per heavy atom. The Kier molecular flexibility index (Phi) is 6.15. The Morgan fingerprint density at radius 3 is 2.57 bits per heavy atom. The molecule has 2 heterocycles. The first-order chi connectivity index (χ1) is 14.6. The van der Waals surface area contributed by atoms with E-state index in [9.17, 15) is 9.90 Å². The predicted molar refractivity (Wildman–Crippen MR) is 122 cm³/mol. The normalized spacial score (nSPS) is 10.8.